The summed E-state index contributed by atoms with van der Waals surface area (Å²) in [4.78, 5) is 29.3. The monoisotopic (exact) mass is 344 g/mol. The van der Waals surface area contributed by atoms with Gasteiger partial charge in [-0.1, -0.05) is 0 Å². The van der Waals surface area contributed by atoms with Gasteiger partial charge in [0.2, 0.25) is 0 Å². The lowest BCUT2D eigenvalue weighted by Gasteiger charge is -2.11. The fraction of sp³-hybridized carbons (Fsp3) is 0.294. The van der Waals surface area contributed by atoms with Crippen LogP contribution in [-0.4, -0.2) is 35.3 Å². The molecule has 0 aliphatic heterocycles. The van der Waals surface area contributed by atoms with Crippen molar-refractivity contribution in [1.82, 2.24) is 15.4 Å². The Morgan fingerprint density at radius 3 is 2.64 bits per heavy atom. The van der Waals surface area contributed by atoms with E-state index >= 15 is 0 Å². The molecule has 0 fully saturated rings. The van der Waals surface area contributed by atoms with Gasteiger partial charge in [-0.05, 0) is 50.6 Å². The fourth-order valence-electron chi connectivity index (χ4n) is 2.07. The second kappa shape index (κ2) is 8.62. The zero-order valence-corrected chi connectivity index (χ0v) is 14.3. The summed E-state index contributed by atoms with van der Waals surface area (Å²) in [6.07, 6.45) is 1.47. The minimum atomic E-state index is -0.581. The Bertz CT molecular complexity index is 830. The number of hydrazone groups is 1. The molecule has 0 spiro atoms. The lowest BCUT2D eigenvalue weighted by Crippen LogP contribution is -2.24. The van der Waals surface area contributed by atoms with E-state index in [9.17, 15) is 9.59 Å². The largest absolute Gasteiger partial charge is 0.490 e. The number of nitrogens with one attached hydrogen (secondary N) is 2. The highest BCUT2D eigenvalue weighted by Crippen LogP contribution is 2.27. The van der Waals surface area contributed by atoms with E-state index in [1.165, 1.54) is 12.3 Å². The molecule has 1 amide bonds. The summed E-state index contributed by atoms with van der Waals surface area (Å²) in [5.41, 5.74) is 3.02. The maximum absolute atomic E-state index is 12.0. The van der Waals surface area contributed by atoms with Crippen molar-refractivity contribution in [3.63, 3.8) is 0 Å². The Labute approximate surface area is 144 Å². The molecule has 132 valence electrons. The summed E-state index contributed by atoms with van der Waals surface area (Å²) in [5.74, 6) is 0.682. The number of ether oxygens (including phenoxy) is 2. The van der Waals surface area contributed by atoms with Crippen molar-refractivity contribution < 1.29 is 14.3 Å². The number of H-pyrrole nitrogens is 1. The van der Waals surface area contributed by atoms with Crippen molar-refractivity contribution in [2.24, 2.45) is 5.10 Å². The number of aromatic amines is 1. The van der Waals surface area contributed by atoms with Crippen LogP contribution in [0.3, 0.4) is 0 Å². The van der Waals surface area contributed by atoms with E-state index in [2.05, 4.69) is 20.5 Å². The van der Waals surface area contributed by atoms with Crippen LogP contribution in [0.1, 0.15) is 35.6 Å². The van der Waals surface area contributed by atoms with Crippen molar-refractivity contribution in [3.8, 4) is 11.5 Å². The first-order valence-electron chi connectivity index (χ1n) is 7.84. The van der Waals surface area contributed by atoms with E-state index in [-0.39, 0.29) is 5.69 Å². The molecular weight excluding hydrogens is 324 g/mol. The zero-order valence-electron chi connectivity index (χ0n) is 14.3. The number of hydrogen-bond acceptors (Lipinski definition) is 6. The van der Waals surface area contributed by atoms with Crippen molar-refractivity contribution in [2.75, 3.05) is 13.2 Å². The molecule has 2 aromatic rings. The third kappa shape index (κ3) is 5.17. The van der Waals surface area contributed by atoms with Crippen molar-refractivity contribution in [2.45, 2.75) is 20.8 Å². The highest BCUT2D eigenvalue weighted by molar-refractivity contribution is 5.93. The zero-order chi connectivity index (χ0) is 18.2. The summed E-state index contributed by atoms with van der Waals surface area (Å²) < 4.78 is 11.0. The molecule has 2 rings (SSSR count). The number of nitrogens with zero attached hydrogens (tertiary/aromatic N) is 2. The number of carbonyl (C=O) groups excluding carboxylic acids is 1. The Morgan fingerprint density at radius 2 is 1.96 bits per heavy atom. The quantitative estimate of drug-likeness (QED) is 0.587. The summed E-state index contributed by atoms with van der Waals surface area (Å²) in [6, 6.07) is 6.80. The topological polar surface area (TPSA) is 106 Å². The molecule has 8 heteroatoms. The first-order valence-corrected chi connectivity index (χ1v) is 7.84. The van der Waals surface area contributed by atoms with Gasteiger partial charge in [0.25, 0.3) is 5.91 Å². The number of rotatable bonds is 7. The van der Waals surface area contributed by atoms with Crippen LogP contribution in [0.25, 0.3) is 0 Å². The maximum atomic E-state index is 12.0. The van der Waals surface area contributed by atoms with Crippen LogP contribution in [0.5, 0.6) is 11.5 Å². The van der Waals surface area contributed by atoms with Crippen LogP contribution in [-0.2, 0) is 0 Å². The normalized spacial score (nSPS) is 10.7. The summed E-state index contributed by atoms with van der Waals surface area (Å²) in [5, 5.41) is 3.88. The summed E-state index contributed by atoms with van der Waals surface area (Å²) in [6.45, 7) is 6.48. The second-order valence-electron chi connectivity index (χ2n) is 5.03. The Balaban J connectivity index is 2.09. The summed E-state index contributed by atoms with van der Waals surface area (Å²) >= 11 is 0. The minimum absolute atomic E-state index is 0.0000917. The van der Waals surface area contributed by atoms with Gasteiger partial charge < -0.3 is 14.5 Å². The number of aryl methyl sites for hydroxylation is 1. The smallest absolute Gasteiger partial charge is 0.345 e. The van der Waals surface area contributed by atoms with Gasteiger partial charge in [-0.2, -0.15) is 10.1 Å². The van der Waals surface area contributed by atoms with Crippen LogP contribution < -0.4 is 20.6 Å². The van der Waals surface area contributed by atoms with Crippen LogP contribution in [0.4, 0.5) is 0 Å². The molecule has 0 radical (unpaired) electrons. The van der Waals surface area contributed by atoms with E-state index in [4.69, 9.17) is 9.47 Å². The molecular formula is C17H20N4O4. The lowest BCUT2D eigenvalue weighted by molar-refractivity contribution is 0.0949. The van der Waals surface area contributed by atoms with Gasteiger partial charge in [0.15, 0.2) is 11.5 Å². The average Bonchev–Trinajstić information content (AvgIpc) is 2.56. The molecule has 1 heterocycles. The molecule has 2 N–H and O–H groups in total. The Morgan fingerprint density at radius 1 is 1.24 bits per heavy atom. The minimum Gasteiger partial charge on any atom is -0.490 e. The average molecular weight is 344 g/mol. The van der Waals surface area contributed by atoms with E-state index in [1.54, 1.807) is 25.1 Å². The van der Waals surface area contributed by atoms with Crippen molar-refractivity contribution >= 4 is 12.1 Å². The standard InChI is InChI=1S/C17H20N4O4/c1-4-24-14-7-6-12(9-15(14)25-5-2)10-18-21-16(22)13-8-11(3)19-17(23)20-13/h6-10H,4-5H2,1-3H3,(H,21,22)(H,19,20,23)/b18-10+. The predicted octanol–water partition coefficient (Wildman–Crippen LogP) is 1.64. The van der Waals surface area contributed by atoms with Crippen LogP contribution >= 0.6 is 0 Å². The molecule has 0 unspecified atom stereocenters. The molecule has 1 aromatic carbocycles. The van der Waals surface area contributed by atoms with Crippen LogP contribution in [0.15, 0.2) is 34.2 Å². The maximum Gasteiger partial charge on any atom is 0.345 e. The highest BCUT2D eigenvalue weighted by atomic mass is 16.5. The van der Waals surface area contributed by atoms with E-state index < -0.39 is 11.6 Å². The highest BCUT2D eigenvalue weighted by Gasteiger charge is 2.08. The molecule has 1 aromatic heterocycles. The van der Waals surface area contributed by atoms with Crippen molar-refractivity contribution in [3.05, 3.63) is 51.7 Å². The number of aromatic nitrogens is 2. The van der Waals surface area contributed by atoms with Gasteiger partial charge in [0, 0.05) is 5.69 Å². The third-order valence-corrected chi connectivity index (χ3v) is 3.06. The number of benzene rings is 1. The number of carbonyl (C=O) groups is 1. The van der Waals surface area contributed by atoms with Gasteiger partial charge in [0.05, 0.1) is 19.4 Å². The van der Waals surface area contributed by atoms with Gasteiger partial charge >= 0.3 is 5.69 Å². The molecule has 0 saturated carbocycles. The molecule has 0 bridgehead atoms. The number of amides is 1. The van der Waals surface area contributed by atoms with E-state index in [0.717, 1.165) is 5.56 Å². The Kier molecular flexibility index (Phi) is 6.27. The van der Waals surface area contributed by atoms with Gasteiger partial charge in [-0.3, -0.25) is 4.79 Å². The van der Waals surface area contributed by atoms with Gasteiger partial charge in [-0.25, -0.2) is 10.2 Å². The predicted molar refractivity (Wildman–Crippen MR) is 93.4 cm³/mol. The van der Waals surface area contributed by atoms with E-state index in [0.29, 0.717) is 30.4 Å². The Hall–Kier alpha value is -3.16. The molecule has 8 nitrogen and oxygen atoms in total. The van der Waals surface area contributed by atoms with Crippen molar-refractivity contribution in [1.29, 1.82) is 0 Å². The second-order valence-corrected chi connectivity index (χ2v) is 5.03. The molecule has 0 saturated heterocycles. The lowest BCUT2D eigenvalue weighted by atomic mass is 10.2. The fourth-order valence-corrected chi connectivity index (χ4v) is 2.07. The SMILES string of the molecule is CCOc1ccc(/C=N/NC(=O)c2cc(C)[nH]c(=O)n2)cc1OCC. The van der Waals surface area contributed by atoms with Crippen LogP contribution in [0.2, 0.25) is 0 Å². The van der Waals surface area contributed by atoms with Crippen LogP contribution in [0, 0.1) is 6.92 Å². The third-order valence-electron chi connectivity index (χ3n) is 3.06. The number of hydrogen-bond donors (Lipinski definition) is 2. The summed E-state index contributed by atoms with van der Waals surface area (Å²) in [7, 11) is 0. The molecule has 25 heavy (non-hydrogen) atoms. The first-order chi connectivity index (χ1) is 12.0. The molecule has 0 aliphatic rings. The van der Waals surface area contributed by atoms with Gasteiger partial charge in [0.1, 0.15) is 5.69 Å². The van der Waals surface area contributed by atoms with Gasteiger partial charge in [-0.15, -0.1) is 0 Å². The molecule has 0 aliphatic carbocycles. The first kappa shape index (κ1) is 18.2. The molecule has 0 atom stereocenters. The van der Waals surface area contributed by atoms with E-state index in [1.807, 2.05) is 13.8 Å².